The van der Waals surface area contributed by atoms with Gasteiger partial charge in [0.25, 0.3) is 0 Å². The average molecular weight is 364 g/mol. The number of rotatable bonds is 6. The van der Waals surface area contributed by atoms with Crippen molar-refractivity contribution in [3.8, 4) is 0 Å². The molecule has 140 valence electrons. The van der Waals surface area contributed by atoms with Crippen molar-refractivity contribution in [1.82, 2.24) is 10.5 Å². The van der Waals surface area contributed by atoms with E-state index in [1.807, 2.05) is 24.3 Å². The van der Waals surface area contributed by atoms with Gasteiger partial charge in [-0.3, -0.25) is 4.79 Å². The van der Waals surface area contributed by atoms with Gasteiger partial charge in [-0.1, -0.05) is 41.6 Å². The van der Waals surface area contributed by atoms with Crippen LogP contribution < -0.4 is 10.2 Å². The molecule has 0 bridgehead atoms. The summed E-state index contributed by atoms with van der Waals surface area (Å²) in [6, 6.07) is 16.2. The Balaban J connectivity index is 1.28. The maximum absolute atomic E-state index is 12.3. The van der Waals surface area contributed by atoms with Gasteiger partial charge in [0.05, 0.1) is 19.5 Å². The molecular weight excluding hydrogens is 338 g/mol. The highest BCUT2D eigenvalue weighted by atomic mass is 16.5. The summed E-state index contributed by atoms with van der Waals surface area (Å²) in [5, 5.41) is 7.90. The molecule has 1 aromatic heterocycles. The van der Waals surface area contributed by atoms with E-state index in [-0.39, 0.29) is 12.3 Å². The number of likely N-dealkylation sites (tertiary alicyclic amines) is 1. The Morgan fingerprint density at radius 2 is 1.74 bits per heavy atom. The maximum Gasteiger partial charge on any atom is 0.226 e. The third kappa shape index (κ3) is 4.55. The number of aromatic nitrogens is 1. The summed E-state index contributed by atoms with van der Waals surface area (Å²) in [6.45, 7) is 4.21. The number of piperidine rings is 1. The summed E-state index contributed by atoms with van der Waals surface area (Å²) >= 11 is 0. The lowest BCUT2D eigenvalue weighted by molar-refractivity contribution is -0.918. The van der Waals surface area contributed by atoms with Gasteiger partial charge in [0.1, 0.15) is 12.2 Å². The van der Waals surface area contributed by atoms with Crippen LogP contribution in [0.3, 0.4) is 0 Å². The summed E-state index contributed by atoms with van der Waals surface area (Å²) in [5.74, 6) is -0.0455. The van der Waals surface area contributed by atoms with E-state index in [1.165, 1.54) is 37.9 Å². The van der Waals surface area contributed by atoms with Crippen LogP contribution in [0.15, 0.2) is 53.1 Å². The molecule has 2 aromatic carbocycles. The fraction of sp³-hybridized carbons (Fsp3) is 0.364. The molecule has 5 heteroatoms. The van der Waals surface area contributed by atoms with Gasteiger partial charge in [-0.05, 0) is 37.0 Å². The molecule has 1 amide bonds. The molecule has 1 aliphatic rings. The maximum atomic E-state index is 12.3. The van der Waals surface area contributed by atoms with E-state index in [0.29, 0.717) is 17.8 Å². The standard InChI is InChI=1S/C22H25N3O2/c26-22(14-20-19-6-2-3-7-21(19)27-24-20)23-15-17-8-10-18(11-9-17)16-25-12-4-1-5-13-25/h2-3,6-11H,1,4-5,12-16H2,(H,23,26)/p+1. The summed E-state index contributed by atoms with van der Waals surface area (Å²) in [4.78, 5) is 13.9. The first kappa shape index (κ1) is 17.7. The number of nitrogens with one attached hydrogen (secondary N) is 2. The van der Waals surface area contributed by atoms with Crippen LogP contribution in [0.5, 0.6) is 0 Å². The quantitative estimate of drug-likeness (QED) is 0.705. The largest absolute Gasteiger partial charge is 0.356 e. The third-order valence-electron chi connectivity index (χ3n) is 5.31. The first-order valence-corrected chi connectivity index (χ1v) is 9.79. The van der Waals surface area contributed by atoms with E-state index in [1.54, 1.807) is 4.90 Å². The number of hydrogen-bond donors (Lipinski definition) is 2. The predicted molar refractivity (Wildman–Crippen MR) is 104 cm³/mol. The number of quaternary nitrogens is 1. The van der Waals surface area contributed by atoms with Crippen LogP contribution in [0.1, 0.15) is 36.1 Å². The molecule has 2 heterocycles. The second kappa shape index (κ2) is 8.35. The van der Waals surface area contributed by atoms with E-state index in [0.717, 1.165) is 17.5 Å². The molecule has 0 spiro atoms. The monoisotopic (exact) mass is 364 g/mol. The number of hydrogen-bond acceptors (Lipinski definition) is 3. The lowest BCUT2D eigenvalue weighted by Crippen LogP contribution is -3.11. The third-order valence-corrected chi connectivity index (χ3v) is 5.31. The van der Waals surface area contributed by atoms with Gasteiger partial charge in [-0.25, -0.2) is 0 Å². The number of benzene rings is 2. The van der Waals surface area contributed by atoms with Crippen LogP contribution in [0.4, 0.5) is 0 Å². The lowest BCUT2D eigenvalue weighted by atomic mass is 10.1. The predicted octanol–water partition coefficient (Wildman–Crippen LogP) is 2.26. The molecule has 0 saturated carbocycles. The van der Waals surface area contributed by atoms with Crippen LogP contribution >= 0.6 is 0 Å². The highest BCUT2D eigenvalue weighted by Gasteiger charge is 2.14. The van der Waals surface area contributed by atoms with Crippen LogP contribution in [0.2, 0.25) is 0 Å². The van der Waals surface area contributed by atoms with Gasteiger partial charge < -0.3 is 14.7 Å². The molecule has 0 aliphatic carbocycles. The Kier molecular flexibility index (Phi) is 5.49. The molecule has 4 rings (SSSR count). The van der Waals surface area contributed by atoms with Gasteiger partial charge in [0.15, 0.2) is 5.58 Å². The lowest BCUT2D eigenvalue weighted by Gasteiger charge is -2.23. The van der Waals surface area contributed by atoms with Crippen molar-refractivity contribution in [2.24, 2.45) is 0 Å². The smallest absolute Gasteiger partial charge is 0.226 e. The zero-order valence-electron chi connectivity index (χ0n) is 15.5. The number of carbonyl (C=O) groups excluding carboxylic acids is 1. The Labute approximate surface area is 159 Å². The minimum atomic E-state index is -0.0455. The van der Waals surface area contributed by atoms with Crippen molar-refractivity contribution in [1.29, 1.82) is 0 Å². The van der Waals surface area contributed by atoms with Crippen LogP contribution in [0.25, 0.3) is 11.0 Å². The summed E-state index contributed by atoms with van der Waals surface area (Å²) < 4.78 is 5.26. The SMILES string of the molecule is O=C(Cc1noc2ccccc12)NCc1ccc(C[NH+]2CCCCC2)cc1. The molecule has 2 N–H and O–H groups in total. The molecule has 1 saturated heterocycles. The van der Waals surface area contributed by atoms with Crippen molar-refractivity contribution in [3.05, 3.63) is 65.4 Å². The highest BCUT2D eigenvalue weighted by Crippen LogP contribution is 2.18. The zero-order valence-corrected chi connectivity index (χ0v) is 15.5. The Bertz CT molecular complexity index is 895. The summed E-state index contributed by atoms with van der Waals surface area (Å²) in [6.07, 6.45) is 4.31. The van der Waals surface area contributed by atoms with Crippen molar-refractivity contribution < 1.29 is 14.2 Å². The van der Waals surface area contributed by atoms with E-state index < -0.39 is 0 Å². The molecule has 1 aliphatic heterocycles. The van der Waals surface area contributed by atoms with Crippen LogP contribution in [-0.2, 0) is 24.3 Å². The van der Waals surface area contributed by atoms with E-state index >= 15 is 0 Å². The average Bonchev–Trinajstić information content (AvgIpc) is 3.11. The van der Waals surface area contributed by atoms with Crippen LogP contribution in [-0.4, -0.2) is 24.2 Å². The number of amides is 1. The topological polar surface area (TPSA) is 59.6 Å². The van der Waals surface area contributed by atoms with Crippen molar-refractivity contribution in [3.63, 3.8) is 0 Å². The van der Waals surface area contributed by atoms with Gasteiger partial charge in [0, 0.05) is 17.5 Å². The van der Waals surface area contributed by atoms with Gasteiger partial charge in [0.2, 0.25) is 5.91 Å². The van der Waals surface area contributed by atoms with E-state index in [2.05, 4.69) is 34.7 Å². The Morgan fingerprint density at radius 1 is 1.00 bits per heavy atom. The Hall–Kier alpha value is -2.66. The van der Waals surface area contributed by atoms with Crippen LogP contribution in [0, 0.1) is 0 Å². The zero-order chi connectivity index (χ0) is 18.5. The number of nitrogens with zero attached hydrogens (tertiary/aromatic N) is 1. The highest BCUT2D eigenvalue weighted by molar-refractivity contribution is 5.86. The van der Waals surface area contributed by atoms with E-state index in [9.17, 15) is 4.79 Å². The minimum Gasteiger partial charge on any atom is -0.356 e. The molecule has 27 heavy (non-hydrogen) atoms. The molecule has 0 atom stereocenters. The van der Waals surface area contributed by atoms with Gasteiger partial charge in [-0.2, -0.15) is 0 Å². The Morgan fingerprint density at radius 3 is 2.56 bits per heavy atom. The number of carbonyl (C=O) groups is 1. The molecule has 0 unspecified atom stereocenters. The van der Waals surface area contributed by atoms with Crippen molar-refractivity contribution in [2.45, 2.75) is 38.8 Å². The molecule has 5 nitrogen and oxygen atoms in total. The normalized spacial score (nSPS) is 15.1. The van der Waals surface area contributed by atoms with Gasteiger partial charge >= 0.3 is 0 Å². The second-order valence-electron chi connectivity index (χ2n) is 7.38. The summed E-state index contributed by atoms with van der Waals surface area (Å²) in [7, 11) is 0. The summed E-state index contributed by atoms with van der Waals surface area (Å²) in [5.41, 5.74) is 3.89. The fourth-order valence-electron chi connectivity index (χ4n) is 3.77. The molecule has 0 radical (unpaired) electrons. The first-order chi connectivity index (χ1) is 13.3. The van der Waals surface area contributed by atoms with Gasteiger partial charge in [-0.15, -0.1) is 0 Å². The fourth-order valence-corrected chi connectivity index (χ4v) is 3.77. The minimum absolute atomic E-state index is 0.0455. The number of para-hydroxylation sites is 1. The molecular formula is C22H26N3O2+. The van der Waals surface area contributed by atoms with Crippen molar-refractivity contribution >= 4 is 16.9 Å². The molecule has 1 fully saturated rings. The van der Waals surface area contributed by atoms with E-state index in [4.69, 9.17) is 4.52 Å². The molecule has 3 aromatic rings. The number of fused-ring (bicyclic) bond motifs is 1. The first-order valence-electron chi connectivity index (χ1n) is 9.79. The second-order valence-corrected chi connectivity index (χ2v) is 7.38. The van der Waals surface area contributed by atoms with Crippen molar-refractivity contribution in [2.75, 3.05) is 13.1 Å².